The van der Waals surface area contributed by atoms with Crippen LogP contribution < -0.4 is 0 Å². The average molecular weight is 182 g/mol. The predicted octanol–water partition coefficient (Wildman–Crippen LogP) is 2.99. The maximum atomic E-state index is 10.3. The minimum atomic E-state index is -0.790. The Morgan fingerprint density at radius 3 is 2.77 bits per heavy atom. The Bertz CT molecular complexity index is 198. The van der Waals surface area contributed by atoms with E-state index in [1.807, 2.05) is 0 Å². The molecule has 0 bridgehead atoms. The van der Waals surface area contributed by atoms with Gasteiger partial charge in [-0.2, -0.15) is 0 Å². The van der Waals surface area contributed by atoms with Crippen molar-refractivity contribution in [3.05, 3.63) is 11.6 Å². The molecule has 1 aliphatic carbocycles. The van der Waals surface area contributed by atoms with E-state index in [0.717, 1.165) is 24.3 Å². The summed E-state index contributed by atoms with van der Waals surface area (Å²) in [5.74, 6) is -0.0147. The zero-order chi connectivity index (χ0) is 9.68. The molecule has 0 aromatic heterocycles. The van der Waals surface area contributed by atoms with Gasteiger partial charge in [-0.3, -0.25) is 0 Å². The third kappa shape index (κ3) is 3.62. The largest absolute Gasteiger partial charge is 0.478 e. The molecule has 1 fully saturated rings. The summed E-state index contributed by atoms with van der Waals surface area (Å²) in [7, 11) is 0. The molecule has 0 saturated heterocycles. The van der Waals surface area contributed by atoms with E-state index in [4.69, 9.17) is 5.11 Å². The fourth-order valence-corrected chi connectivity index (χ4v) is 1.86. The van der Waals surface area contributed by atoms with Gasteiger partial charge < -0.3 is 5.11 Å². The SMILES string of the molecule is CCCCCC1CC(=CC(=O)O)C1. The lowest BCUT2D eigenvalue weighted by Gasteiger charge is -2.28. The molecular weight excluding hydrogens is 164 g/mol. The summed E-state index contributed by atoms with van der Waals surface area (Å²) in [4.78, 5) is 10.3. The first-order valence-electron chi connectivity index (χ1n) is 5.14. The number of rotatable bonds is 5. The lowest BCUT2D eigenvalue weighted by atomic mass is 9.77. The van der Waals surface area contributed by atoms with Gasteiger partial charge in [-0.15, -0.1) is 0 Å². The average Bonchev–Trinajstić information content (AvgIpc) is 1.99. The van der Waals surface area contributed by atoms with E-state index in [-0.39, 0.29) is 0 Å². The lowest BCUT2D eigenvalue weighted by Crippen LogP contribution is -2.15. The first-order valence-corrected chi connectivity index (χ1v) is 5.14. The molecule has 0 unspecified atom stereocenters. The fourth-order valence-electron chi connectivity index (χ4n) is 1.86. The van der Waals surface area contributed by atoms with Gasteiger partial charge in [-0.25, -0.2) is 4.79 Å². The molecule has 0 aromatic rings. The van der Waals surface area contributed by atoms with Crippen molar-refractivity contribution in [1.82, 2.24) is 0 Å². The highest BCUT2D eigenvalue weighted by molar-refractivity contribution is 5.80. The van der Waals surface area contributed by atoms with Crippen LogP contribution in [0.15, 0.2) is 11.6 Å². The highest BCUT2D eigenvalue weighted by Gasteiger charge is 2.22. The van der Waals surface area contributed by atoms with Gasteiger partial charge >= 0.3 is 5.97 Å². The predicted molar refractivity (Wildman–Crippen MR) is 52.6 cm³/mol. The zero-order valence-corrected chi connectivity index (χ0v) is 8.25. The number of hydrogen-bond donors (Lipinski definition) is 1. The van der Waals surface area contributed by atoms with Gasteiger partial charge in [0, 0.05) is 6.08 Å². The van der Waals surface area contributed by atoms with Crippen LogP contribution in [0.25, 0.3) is 0 Å². The van der Waals surface area contributed by atoms with Crippen molar-refractivity contribution in [2.75, 3.05) is 0 Å². The van der Waals surface area contributed by atoms with Gasteiger partial charge in [0.25, 0.3) is 0 Å². The summed E-state index contributed by atoms with van der Waals surface area (Å²) in [6, 6.07) is 0. The van der Waals surface area contributed by atoms with Crippen LogP contribution in [0.3, 0.4) is 0 Å². The van der Waals surface area contributed by atoms with Crippen molar-refractivity contribution in [1.29, 1.82) is 0 Å². The minimum absolute atomic E-state index is 0.775. The number of hydrogen-bond acceptors (Lipinski definition) is 1. The number of carboxylic acid groups (broad SMARTS) is 1. The Kier molecular flexibility index (Phi) is 4.00. The second-order valence-electron chi connectivity index (χ2n) is 3.91. The molecule has 1 saturated carbocycles. The van der Waals surface area contributed by atoms with Crippen LogP contribution in [0.5, 0.6) is 0 Å². The van der Waals surface area contributed by atoms with Crippen molar-refractivity contribution in [3.63, 3.8) is 0 Å². The van der Waals surface area contributed by atoms with Gasteiger partial charge in [0.05, 0.1) is 0 Å². The van der Waals surface area contributed by atoms with Crippen molar-refractivity contribution in [3.8, 4) is 0 Å². The molecule has 2 nitrogen and oxygen atoms in total. The summed E-state index contributed by atoms with van der Waals surface area (Å²) in [5, 5.41) is 8.47. The second kappa shape index (κ2) is 5.05. The van der Waals surface area contributed by atoms with Crippen LogP contribution in [0, 0.1) is 5.92 Å². The topological polar surface area (TPSA) is 37.3 Å². The first-order chi connectivity index (χ1) is 6.22. The normalized spacial score (nSPS) is 21.0. The molecule has 0 radical (unpaired) electrons. The standard InChI is InChI=1S/C11H18O2/c1-2-3-4-5-9-6-10(7-9)8-11(12)13/h8-9H,2-7H2,1H3,(H,12,13). The van der Waals surface area contributed by atoms with Crippen LogP contribution in [0.4, 0.5) is 0 Å². The molecule has 1 N–H and O–H groups in total. The van der Waals surface area contributed by atoms with E-state index in [9.17, 15) is 4.79 Å². The van der Waals surface area contributed by atoms with Gasteiger partial charge in [-0.1, -0.05) is 31.8 Å². The van der Waals surface area contributed by atoms with Crippen LogP contribution in [0.2, 0.25) is 0 Å². The summed E-state index contributed by atoms with van der Waals surface area (Å²) in [5.41, 5.74) is 1.12. The Balaban J connectivity index is 2.08. The van der Waals surface area contributed by atoms with E-state index in [0.29, 0.717) is 0 Å². The quantitative estimate of drug-likeness (QED) is 0.524. The van der Waals surface area contributed by atoms with Gasteiger partial charge in [0.15, 0.2) is 0 Å². The maximum absolute atomic E-state index is 10.3. The third-order valence-corrected chi connectivity index (χ3v) is 2.65. The number of aliphatic carboxylic acids is 1. The second-order valence-corrected chi connectivity index (χ2v) is 3.91. The smallest absolute Gasteiger partial charge is 0.328 e. The van der Waals surface area contributed by atoms with Crippen molar-refractivity contribution in [2.45, 2.75) is 45.4 Å². The maximum Gasteiger partial charge on any atom is 0.328 e. The van der Waals surface area contributed by atoms with E-state index in [1.165, 1.54) is 31.8 Å². The monoisotopic (exact) mass is 182 g/mol. The summed E-state index contributed by atoms with van der Waals surface area (Å²) >= 11 is 0. The number of carbonyl (C=O) groups is 1. The Labute approximate surface area is 79.6 Å². The van der Waals surface area contributed by atoms with E-state index in [1.54, 1.807) is 0 Å². The van der Waals surface area contributed by atoms with Gasteiger partial charge in [0.1, 0.15) is 0 Å². The summed E-state index contributed by atoms with van der Waals surface area (Å²) in [6.45, 7) is 2.20. The molecule has 0 heterocycles. The zero-order valence-electron chi connectivity index (χ0n) is 8.25. The molecule has 0 spiro atoms. The molecule has 0 aromatic carbocycles. The fraction of sp³-hybridized carbons (Fsp3) is 0.727. The summed E-state index contributed by atoms with van der Waals surface area (Å²) in [6.07, 6.45) is 8.59. The van der Waals surface area contributed by atoms with Crippen molar-refractivity contribution in [2.24, 2.45) is 5.92 Å². The Morgan fingerprint density at radius 1 is 1.54 bits per heavy atom. The molecule has 0 amide bonds. The number of unbranched alkanes of at least 4 members (excludes halogenated alkanes) is 2. The first kappa shape index (κ1) is 10.3. The molecular formula is C11H18O2. The molecule has 13 heavy (non-hydrogen) atoms. The number of carboxylic acids is 1. The highest BCUT2D eigenvalue weighted by atomic mass is 16.4. The van der Waals surface area contributed by atoms with Crippen LogP contribution in [-0.4, -0.2) is 11.1 Å². The van der Waals surface area contributed by atoms with Crippen LogP contribution >= 0.6 is 0 Å². The van der Waals surface area contributed by atoms with Gasteiger partial charge in [-0.05, 0) is 25.2 Å². The molecule has 74 valence electrons. The molecule has 2 heteroatoms. The summed E-state index contributed by atoms with van der Waals surface area (Å²) < 4.78 is 0. The lowest BCUT2D eigenvalue weighted by molar-refractivity contribution is -0.131. The van der Waals surface area contributed by atoms with E-state index in [2.05, 4.69) is 6.92 Å². The van der Waals surface area contributed by atoms with E-state index >= 15 is 0 Å². The van der Waals surface area contributed by atoms with Gasteiger partial charge in [0.2, 0.25) is 0 Å². The highest BCUT2D eigenvalue weighted by Crippen LogP contribution is 2.36. The molecule has 1 rings (SSSR count). The van der Waals surface area contributed by atoms with Crippen LogP contribution in [0.1, 0.15) is 45.4 Å². The molecule has 1 aliphatic rings. The van der Waals surface area contributed by atoms with Crippen LogP contribution in [-0.2, 0) is 4.79 Å². The Morgan fingerprint density at radius 2 is 2.23 bits per heavy atom. The Hall–Kier alpha value is -0.790. The molecule has 0 aliphatic heterocycles. The minimum Gasteiger partial charge on any atom is -0.478 e. The van der Waals surface area contributed by atoms with E-state index < -0.39 is 5.97 Å². The van der Waals surface area contributed by atoms with Crippen molar-refractivity contribution < 1.29 is 9.90 Å². The van der Waals surface area contributed by atoms with Crippen molar-refractivity contribution >= 4 is 5.97 Å². The number of allylic oxidation sites excluding steroid dienone is 1. The molecule has 0 atom stereocenters. The third-order valence-electron chi connectivity index (χ3n) is 2.65.